The molecule has 78 valence electrons. The van der Waals surface area contributed by atoms with Crippen LogP contribution in [-0.4, -0.2) is 55.8 Å². The molecule has 0 bridgehead atoms. The SMILES string of the molecule is CO[C@@H]1C[C@H](O)[C@H](N(C)C)[C@H](C)O1. The van der Waals surface area contributed by atoms with Gasteiger partial charge in [-0.15, -0.1) is 0 Å². The molecule has 4 nitrogen and oxygen atoms in total. The standard InChI is InChI=1S/C9H19NO3/c1-6-9(10(2)3)7(11)5-8(12-4)13-6/h6-9,11H,5H2,1-4H3/t6-,7-,8-,9+/m0/s1. The second kappa shape index (κ2) is 4.37. The van der Waals surface area contributed by atoms with Crippen LogP contribution in [0.25, 0.3) is 0 Å². The maximum atomic E-state index is 9.81. The van der Waals surface area contributed by atoms with Crippen molar-refractivity contribution in [3.63, 3.8) is 0 Å². The van der Waals surface area contributed by atoms with Crippen LogP contribution in [0.1, 0.15) is 13.3 Å². The van der Waals surface area contributed by atoms with Gasteiger partial charge in [0.15, 0.2) is 6.29 Å². The van der Waals surface area contributed by atoms with Crippen LogP contribution in [0.2, 0.25) is 0 Å². The zero-order chi connectivity index (χ0) is 10.0. The Morgan fingerprint density at radius 3 is 2.46 bits per heavy atom. The van der Waals surface area contributed by atoms with E-state index in [1.165, 1.54) is 0 Å². The van der Waals surface area contributed by atoms with Crippen LogP contribution >= 0.6 is 0 Å². The maximum absolute atomic E-state index is 9.81. The summed E-state index contributed by atoms with van der Waals surface area (Å²) in [6.07, 6.45) is -0.0856. The van der Waals surface area contributed by atoms with Gasteiger partial charge in [0.1, 0.15) is 0 Å². The second-order valence-electron chi connectivity index (χ2n) is 3.76. The average Bonchev–Trinajstić information content (AvgIpc) is 2.02. The molecule has 13 heavy (non-hydrogen) atoms. The predicted molar refractivity (Wildman–Crippen MR) is 49.4 cm³/mol. The first-order chi connectivity index (χ1) is 6.06. The molecule has 0 aromatic rings. The lowest BCUT2D eigenvalue weighted by molar-refractivity contribution is -0.221. The molecule has 0 aliphatic carbocycles. The van der Waals surface area contributed by atoms with E-state index in [4.69, 9.17) is 9.47 Å². The first kappa shape index (κ1) is 10.9. The minimum absolute atomic E-state index is 0.00343. The zero-order valence-electron chi connectivity index (χ0n) is 8.73. The van der Waals surface area contributed by atoms with Crippen LogP contribution in [0.3, 0.4) is 0 Å². The number of rotatable bonds is 2. The Hall–Kier alpha value is -0.160. The molecule has 4 heteroatoms. The van der Waals surface area contributed by atoms with Crippen molar-refractivity contribution >= 4 is 0 Å². The molecule has 1 rings (SSSR count). The first-order valence-corrected chi connectivity index (χ1v) is 4.59. The van der Waals surface area contributed by atoms with Gasteiger partial charge in [-0.1, -0.05) is 0 Å². The van der Waals surface area contributed by atoms with E-state index in [1.54, 1.807) is 7.11 Å². The highest BCUT2D eigenvalue weighted by Gasteiger charge is 2.36. The summed E-state index contributed by atoms with van der Waals surface area (Å²) in [5.74, 6) is 0. The number of hydrogen-bond acceptors (Lipinski definition) is 4. The third-order valence-corrected chi connectivity index (χ3v) is 2.53. The summed E-state index contributed by atoms with van der Waals surface area (Å²) >= 11 is 0. The monoisotopic (exact) mass is 189 g/mol. The van der Waals surface area contributed by atoms with Crippen molar-refractivity contribution in [1.29, 1.82) is 0 Å². The molecule has 0 unspecified atom stereocenters. The second-order valence-corrected chi connectivity index (χ2v) is 3.76. The molecular formula is C9H19NO3. The number of hydrogen-bond donors (Lipinski definition) is 1. The van der Waals surface area contributed by atoms with E-state index in [1.807, 2.05) is 25.9 Å². The lowest BCUT2D eigenvalue weighted by Gasteiger charge is -2.40. The Kier molecular flexibility index (Phi) is 3.67. The molecule has 1 heterocycles. The zero-order valence-corrected chi connectivity index (χ0v) is 8.73. The molecule has 0 radical (unpaired) electrons. The molecule has 0 amide bonds. The fraction of sp³-hybridized carbons (Fsp3) is 1.00. The van der Waals surface area contributed by atoms with Crippen molar-refractivity contribution in [1.82, 2.24) is 4.90 Å². The van der Waals surface area contributed by atoms with Crippen LogP contribution in [0, 0.1) is 0 Å². The van der Waals surface area contributed by atoms with Gasteiger partial charge in [-0.25, -0.2) is 0 Å². The van der Waals surface area contributed by atoms with Crippen LogP contribution in [0.4, 0.5) is 0 Å². The highest BCUT2D eigenvalue weighted by atomic mass is 16.7. The van der Waals surface area contributed by atoms with Gasteiger partial charge >= 0.3 is 0 Å². The number of methoxy groups -OCH3 is 1. The van der Waals surface area contributed by atoms with Gasteiger partial charge in [0.05, 0.1) is 18.2 Å². The van der Waals surface area contributed by atoms with E-state index in [0.29, 0.717) is 6.42 Å². The summed E-state index contributed by atoms with van der Waals surface area (Å²) in [5, 5.41) is 9.81. The third kappa shape index (κ3) is 2.40. The Labute approximate surface area is 79.4 Å². The molecule has 1 fully saturated rings. The van der Waals surface area contributed by atoms with Crippen molar-refractivity contribution in [3.8, 4) is 0 Å². The topological polar surface area (TPSA) is 41.9 Å². The van der Waals surface area contributed by atoms with E-state index >= 15 is 0 Å². The molecule has 0 saturated carbocycles. The molecule has 1 aliphatic heterocycles. The summed E-state index contributed by atoms with van der Waals surface area (Å²) in [7, 11) is 5.49. The van der Waals surface area contributed by atoms with Gasteiger partial charge in [0, 0.05) is 13.5 Å². The van der Waals surface area contributed by atoms with Crippen LogP contribution in [0.5, 0.6) is 0 Å². The summed E-state index contributed by atoms with van der Waals surface area (Å²) in [6.45, 7) is 1.96. The average molecular weight is 189 g/mol. The van der Waals surface area contributed by atoms with Crippen molar-refractivity contribution in [2.45, 2.75) is 37.9 Å². The quantitative estimate of drug-likeness (QED) is 0.667. The molecule has 4 atom stereocenters. The molecule has 0 aromatic carbocycles. The van der Waals surface area contributed by atoms with Crippen molar-refractivity contribution in [3.05, 3.63) is 0 Å². The lowest BCUT2D eigenvalue weighted by Crippen LogP contribution is -2.54. The highest BCUT2D eigenvalue weighted by molar-refractivity contribution is 4.86. The molecule has 0 aromatic heterocycles. The molecule has 1 N–H and O–H groups in total. The molecule has 1 saturated heterocycles. The number of likely N-dealkylation sites (N-methyl/N-ethyl adjacent to an activating group) is 1. The lowest BCUT2D eigenvalue weighted by atomic mass is 9.99. The number of nitrogens with zero attached hydrogens (tertiary/aromatic N) is 1. The van der Waals surface area contributed by atoms with Gasteiger partial charge in [-0.2, -0.15) is 0 Å². The van der Waals surface area contributed by atoms with Crippen LogP contribution < -0.4 is 0 Å². The van der Waals surface area contributed by atoms with Crippen LogP contribution in [-0.2, 0) is 9.47 Å². The number of ether oxygens (including phenoxy) is 2. The summed E-state index contributed by atoms with van der Waals surface area (Å²) in [6, 6.07) is 0.0615. The molecule has 0 spiro atoms. The third-order valence-electron chi connectivity index (χ3n) is 2.53. The molecule has 1 aliphatic rings. The van der Waals surface area contributed by atoms with Gasteiger partial charge in [0.2, 0.25) is 0 Å². The predicted octanol–water partition coefficient (Wildman–Crippen LogP) is 0.0588. The highest BCUT2D eigenvalue weighted by Crippen LogP contribution is 2.23. The number of aliphatic hydroxyl groups excluding tert-OH is 1. The summed E-state index contributed by atoms with van der Waals surface area (Å²) in [4.78, 5) is 1.99. The Bertz CT molecular complexity index is 151. The van der Waals surface area contributed by atoms with Crippen molar-refractivity contribution in [2.24, 2.45) is 0 Å². The fourth-order valence-corrected chi connectivity index (χ4v) is 1.94. The van der Waals surface area contributed by atoms with Crippen LogP contribution in [0.15, 0.2) is 0 Å². The van der Waals surface area contributed by atoms with E-state index in [9.17, 15) is 5.11 Å². The van der Waals surface area contributed by atoms with E-state index in [0.717, 1.165) is 0 Å². The first-order valence-electron chi connectivity index (χ1n) is 4.59. The van der Waals surface area contributed by atoms with Gasteiger partial charge in [-0.3, -0.25) is 0 Å². The summed E-state index contributed by atoms with van der Waals surface area (Å²) in [5.41, 5.74) is 0. The molecular weight excluding hydrogens is 170 g/mol. The van der Waals surface area contributed by atoms with Crippen molar-refractivity contribution in [2.75, 3.05) is 21.2 Å². The van der Waals surface area contributed by atoms with Gasteiger partial charge in [0.25, 0.3) is 0 Å². The van der Waals surface area contributed by atoms with Crippen molar-refractivity contribution < 1.29 is 14.6 Å². The minimum atomic E-state index is -0.372. The minimum Gasteiger partial charge on any atom is -0.391 e. The Morgan fingerprint density at radius 1 is 1.46 bits per heavy atom. The van der Waals surface area contributed by atoms with Gasteiger partial charge < -0.3 is 19.5 Å². The summed E-state index contributed by atoms with van der Waals surface area (Å²) < 4.78 is 10.6. The normalized spacial score (nSPS) is 41.1. The fourth-order valence-electron chi connectivity index (χ4n) is 1.94. The van der Waals surface area contributed by atoms with Gasteiger partial charge in [-0.05, 0) is 21.0 Å². The van der Waals surface area contributed by atoms with E-state index in [2.05, 4.69) is 0 Å². The largest absolute Gasteiger partial charge is 0.391 e. The maximum Gasteiger partial charge on any atom is 0.160 e. The van der Waals surface area contributed by atoms with E-state index < -0.39 is 0 Å². The smallest absolute Gasteiger partial charge is 0.160 e. The Balaban J connectivity index is 2.59. The number of aliphatic hydroxyl groups is 1. The Morgan fingerprint density at radius 2 is 2.08 bits per heavy atom. The van der Waals surface area contributed by atoms with E-state index in [-0.39, 0.29) is 24.5 Å².